The Bertz CT molecular complexity index is 1310. The Morgan fingerprint density at radius 2 is 1.92 bits per heavy atom. The van der Waals surface area contributed by atoms with E-state index in [0.717, 1.165) is 31.6 Å². The van der Waals surface area contributed by atoms with E-state index in [4.69, 9.17) is 10.5 Å². The number of halogens is 5. The average molecular weight is 552 g/mol. The molecule has 39 heavy (non-hydrogen) atoms. The van der Waals surface area contributed by atoms with Crippen molar-refractivity contribution in [2.24, 2.45) is 0 Å². The Morgan fingerprint density at radius 3 is 2.59 bits per heavy atom. The monoisotopic (exact) mass is 551 g/mol. The number of anilines is 2. The van der Waals surface area contributed by atoms with Crippen molar-refractivity contribution in [3.63, 3.8) is 0 Å². The van der Waals surface area contributed by atoms with Gasteiger partial charge < -0.3 is 24.8 Å². The first-order chi connectivity index (χ1) is 18.7. The fourth-order valence-electron chi connectivity index (χ4n) is 5.07. The highest BCUT2D eigenvalue weighted by atomic mass is 19.4. The van der Waals surface area contributed by atoms with Gasteiger partial charge in [0.25, 0.3) is 0 Å². The molecule has 2 aliphatic heterocycles. The van der Waals surface area contributed by atoms with Crippen LogP contribution in [-0.4, -0.2) is 69.9 Å². The number of ether oxygens (including phenoxy) is 1. The largest absolute Gasteiger partial charge is 0.487 e. The molecule has 2 fully saturated rings. The third kappa shape index (κ3) is 5.63. The van der Waals surface area contributed by atoms with Crippen molar-refractivity contribution in [2.75, 3.05) is 50.0 Å². The summed E-state index contributed by atoms with van der Waals surface area (Å²) in [5.41, 5.74) is 4.97. The molecule has 0 radical (unpaired) electrons. The zero-order valence-corrected chi connectivity index (χ0v) is 21.5. The Morgan fingerprint density at radius 1 is 1.13 bits per heavy atom. The molecular weight excluding hydrogens is 521 g/mol. The summed E-state index contributed by atoms with van der Waals surface area (Å²) in [4.78, 5) is 16.8. The molecule has 2 aromatic heterocycles. The molecule has 13 heteroatoms. The molecule has 2 N–H and O–H groups in total. The van der Waals surface area contributed by atoms with Crippen molar-refractivity contribution in [1.29, 1.82) is 0 Å². The normalized spacial score (nSPS) is 20.2. The van der Waals surface area contributed by atoms with Gasteiger partial charge in [-0.25, -0.2) is 23.7 Å². The molecule has 0 saturated carbocycles. The minimum Gasteiger partial charge on any atom is -0.487 e. The van der Waals surface area contributed by atoms with Crippen LogP contribution in [0.5, 0.6) is 5.75 Å². The van der Waals surface area contributed by atoms with Crippen LogP contribution in [0.1, 0.15) is 37.1 Å². The van der Waals surface area contributed by atoms with E-state index in [0.29, 0.717) is 50.1 Å². The Balaban J connectivity index is 1.43. The number of piperidine rings is 1. The first kappa shape index (κ1) is 27.1. The van der Waals surface area contributed by atoms with Crippen LogP contribution >= 0.6 is 0 Å². The van der Waals surface area contributed by atoms with Gasteiger partial charge in [0.15, 0.2) is 11.6 Å². The smallest absolute Gasteiger partial charge is 0.419 e. The molecule has 210 valence electrons. The molecule has 4 heterocycles. The Hall–Kier alpha value is -3.48. The van der Waals surface area contributed by atoms with Gasteiger partial charge in [-0.3, -0.25) is 0 Å². The Labute approximate surface area is 222 Å². The van der Waals surface area contributed by atoms with Crippen molar-refractivity contribution in [1.82, 2.24) is 24.4 Å². The van der Waals surface area contributed by atoms with Crippen LogP contribution in [0.3, 0.4) is 0 Å². The molecule has 0 amide bonds. The molecule has 5 rings (SSSR count). The number of nitrogens with two attached hydrogens (primary N) is 1. The summed E-state index contributed by atoms with van der Waals surface area (Å²) in [7, 11) is 0. The first-order valence-electron chi connectivity index (χ1n) is 12.9. The predicted molar refractivity (Wildman–Crippen MR) is 136 cm³/mol. The number of imidazole rings is 1. The minimum absolute atomic E-state index is 0.00425. The van der Waals surface area contributed by atoms with Crippen LogP contribution in [0.25, 0.3) is 11.3 Å². The SMILES string of the molecule is CCOc1c(N)ncnc1N1CC[C@@H](c2nc(-c3ccc(F)c(C(F)(F)F)c3)cn2CCN2CCC2)[C@@H](F)C1. The zero-order valence-electron chi connectivity index (χ0n) is 21.5. The Kier molecular flexibility index (Phi) is 7.61. The minimum atomic E-state index is -4.84. The highest BCUT2D eigenvalue weighted by Crippen LogP contribution is 2.38. The van der Waals surface area contributed by atoms with Gasteiger partial charge in [-0.1, -0.05) is 0 Å². The maximum Gasteiger partial charge on any atom is 0.419 e. The molecule has 2 aliphatic rings. The van der Waals surface area contributed by atoms with E-state index in [9.17, 15) is 17.6 Å². The lowest BCUT2D eigenvalue weighted by Crippen LogP contribution is -2.43. The van der Waals surface area contributed by atoms with Crippen molar-refractivity contribution < 1.29 is 26.7 Å². The van der Waals surface area contributed by atoms with Gasteiger partial charge in [0.1, 0.15) is 24.1 Å². The molecule has 2 atom stereocenters. The van der Waals surface area contributed by atoms with Gasteiger partial charge in [-0.2, -0.15) is 13.2 Å². The summed E-state index contributed by atoms with van der Waals surface area (Å²) >= 11 is 0. The van der Waals surface area contributed by atoms with Crippen LogP contribution in [-0.2, 0) is 12.7 Å². The van der Waals surface area contributed by atoms with Crippen LogP contribution in [0.4, 0.5) is 33.6 Å². The van der Waals surface area contributed by atoms with Gasteiger partial charge in [0.2, 0.25) is 5.75 Å². The summed E-state index contributed by atoms with van der Waals surface area (Å²) in [6.45, 7) is 5.76. The standard InChI is InChI=1S/C26H30F5N7O/c1-2-39-22-23(32)33-15-34-25(22)37-9-6-17(20(28)13-37)24-35-21(14-38(24)11-10-36-7-3-8-36)16-4-5-19(27)18(12-16)26(29,30)31/h4-5,12,14-15,17,20H,2-3,6-11,13H2,1H3,(H2,32,33,34)/t17-,20+/m1/s1. The number of hydrogen-bond acceptors (Lipinski definition) is 7. The van der Waals surface area contributed by atoms with Crippen LogP contribution < -0.4 is 15.4 Å². The first-order valence-corrected chi connectivity index (χ1v) is 12.9. The van der Waals surface area contributed by atoms with E-state index in [2.05, 4.69) is 19.9 Å². The van der Waals surface area contributed by atoms with E-state index in [1.165, 1.54) is 12.4 Å². The predicted octanol–water partition coefficient (Wildman–Crippen LogP) is 4.52. The van der Waals surface area contributed by atoms with Crippen LogP contribution in [0, 0.1) is 5.82 Å². The molecule has 1 aromatic carbocycles. The van der Waals surface area contributed by atoms with E-state index < -0.39 is 29.6 Å². The fraction of sp³-hybridized carbons (Fsp3) is 0.500. The maximum atomic E-state index is 15.8. The second kappa shape index (κ2) is 10.9. The maximum absolute atomic E-state index is 15.8. The third-order valence-corrected chi connectivity index (χ3v) is 7.25. The quantitative estimate of drug-likeness (QED) is 0.412. The van der Waals surface area contributed by atoms with E-state index >= 15 is 4.39 Å². The summed E-state index contributed by atoms with van der Waals surface area (Å²) in [5.74, 6) is -0.592. The van der Waals surface area contributed by atoms with Crippen molar-refractivity contribution in [2.45, 2.75) is 44.6 Å². The highest BCUT2D eigenvalue weighted by molar-refractivity contribution is 5.63. The number of aromatic nitrogens is 4. The molecule has 0 aliphatic carbocycles. The number of rotatable bonds is 8. The number of hydrogen-bond donors (Lipinski definition) is 1. The van der Waals surface area contributed by atoms with Crippen LogP contribution in [0.2, 0.25) is 0 Å². The molecule has 3 aromatic rings. The lowest BCUT2D eigenvalue weighted by molar-refractivity contribution is -0.139. The number of nitrogen functional groups attached to an aromatic ring is 1. The van der Waals surface area contributed by atoms with Gasteiger partial charge in [0.05, 0.1) is 30.3 Å². The van der Waals surface area contributed by atoms with Crippen molar-refractivity contribution in [3.05, 3.63) is 47.9 Å². The second-order valence-electron chi connectivity index (χ2n) is 9.77. The number of alkyl halides is 4. The number of nitrogens with zero attached hydrogens (tertiary/aromatic N) is 6. The third-order valence-electron chi connectivity index (χ3n) is 7.25. The van der Waals surface area contributed by atoms with Gasteiger partial charge in [0, 0.05) is 31.4 Å². The molecule has 0 unspecified atom stereocenters. The summed E-state index contributed by atoms with van der Waals surface area (Å²) in [6.07, 6.45) is -1.75. The van der Waals surface area contributed by atoms with Crippen molar-refractivity contribution >= 4 is 11.6 Å². The summed E-state index contributed by atoms with van der Waals surface area (Å²) in [5, 5.41) is 0. The van der Waals surface area contributed by atoms with Crippen LogP contribution in [0.15, 0.2) is 30.7 Å². The van der Waals surface area contributed by atoms with E-state index in [1.54, 1.807) is 18.0 Å². The second-order valence-corrected chi connectivity index (χ2v) is 9.77. The van der Waals surface area contributed by atoms with E-state index in [-0.39, 0.29) is 23.6 Å². The lowest BCUT2D eigenvalue weighted by Gasteiger charge is -2.36. The average Bonchev–Trinajstić information content (AvgIpc) is 3.28. The van der Waals surface area contributed by atoms with Gasteiger partial charge in [-0.15, -0.1) is 0 Å². The van der Waals surface area contributed by atoms with Gasteiger partial charge >= 0.3 is 6.18 Å². The fourth-order valence-corrected chi connectivity index (χ4v) is 5.07. The summed E-state index contributed by atoms with van der Waals surface area (Å²) in [6, 6.07) is 2.81. The lowest BCUT2D eigenvalue weighted by atomic mass is 9.93. The highest BCUT2D eigenvalue weighted by Gasteiger charge is 2.37. The zero-order chi connectivity index (χ0) is 27.7. The molecule has 0 spiro atoms. The topological polar surface area (TPSA) is 85.3 Å². The molecule has 0 bridgehead atoms. The van der Waals surface area contributed by atoms with Crippen molar-refractivity contribution in [3.8, 4) is 17.0 Å². The number of benzene rings is 1. The number of likely N-dealkylation sites (tertiary alicyclic amines) is 1. The summed E-state index contributed by atoms with van der Waals surface area (Å²) < 4.78 is 77.2. The van der Waals surface area contributed by atoms with E-state index in [1.807, 2.05) is 4.57 Å². The molecular formula is C26H30F5N7O. The molecule has 2 saturated heterocycles. The van der Waals surface area contributed by atoms with Gasteiger partial charge in [-0.05, 0) is 51.1 Å². The molecule has 8 nitrogen and oxygen atoms in total.